The maximum atomic E-state index is 14.6. The van der Waals surface area contributed by atoms with Crippen molar-refractivity contribution in [1.29, 1.82) is 0 Å². The van der Waals surface area contributed by atoms with E-state index in [1.54, 1.807) is 0 Å². The van der Waals surface area contributed by atoms with E-state index in [0.29, 0.717) is 38.0 Å². The van der Waals surface area contributed by atoms with Crippen LogP contribution in [0.25, 0.3) is 0 Å². The van der Waals surface area contributed by atoms with Gasteiger partial charge in [0, 0.05) is 36.8 Å². The number of hydrogen-bond donors (Lipinski definition) is 0. The number of carbonyl (C=O) groups is 3. The van der Waals surface area contributed by atoms with Gasteiger partial charge in [-0.3, -0.25) is 14.4 Å². The zero-order chi connectivity index (χ0) is 30.5. The van der Waals surface area contributed by atoms with E-state index in [1.807, 2.05) is 4.90 Å². The number of morpholine rings is 1. The van der Waals surface area contributed by atoms with Crippen molar-refractivity contribution < 1.29 is 23.9 Å². The zero-order valence-corrected chi connectivity index (χ0v) is 27.6. The molecule has 1 heterocycles. The first kappa shape index (κ1) is 30.3. The molecule has 1 amide bonds. The van der Waals surface area contributed by atoms with Gasteiger partial charge < -0.3 is 14.4 Å². The Labute approximate surface area is 253 Å². The molecule has 5 aliphatic carbocycles. The Bertz CT molecular complexity index is 1200. The summed E-state index contributed by atoms with van der Waals surface area (Å²) < 4.78 is 11.4. The summed E-state index contributed by atoms with van der Waals surface area (Å²) in [5.74, 6) is 0.930. The number of fused-ring (bicyclic) bond motifs is 7. The molecule has 6 nitrogen and oxygen atoms in total. The lowest BCUT2D eigenvalue weighted by atomic mass is 9.33. The van der Waals surface area contributed by atoms with Crippen molar-refractivity contribution in [2.75, 3.05) is 26.3 Å². The fraction of sp³-hybridized carbons (Fsp3) is 0.861. The summed E-state index contributed by atoms with van der Waals surface area (Å²) in [6.07, 6.45) is 10.9. The van der Waals surface area contributed by atoms with Crippen LogP contribution in [0.2, 0.25) is 0 Å². The summed E-state index contributed by atoms with van der Waals surface area (Å²) in [4.78, 5) is 42.6. The Hall–Kier alpha value is -1.69. The normalized spacial score (nSPS) is 48.1. The Kier molecular flexibility index (Phi) is 6.97. The number of nitrogens with zero attached hydrogens (tertiary/aromatic N) is 1. The van der Waals surface area contributed by atoms with Gasteiger partial charge in [-0.25, -0.2) is 0 Å². The molecule has 0 N–H and O–H groups in total. The SMILES string of the molecule is CC(=O)OC1CCC2(C)C(CCC3(C)C2C(=O)C=C2C4CC(C)(C(=O)N5CCOCC5)CCC4(C)CCC23C)C1(C)C. The molecular formula is C36H55NO5. The molecule has 6 rings (SSSR count). The van der Waals surface area contributed by atoms with Gasteiger partial charge in [-0.2, -0.15) is 0 Å². The van der Waals surface area contributed by atoms with Crippen molar-refractivity contribution in [3.8, 4) is 0 Å². The number of hydrogen-bond acceptors (Lipinski definition) is 5. The number of carbonyl (C=O) groups excluding carboxylic acids is 3. The highest BCUT2D eigenvalue weighted by molar-refractivity contribution is 5.95. The number of amides is 1. The molecule has 6 aliphatic rings. The molecule has 9 unspecified atom stereocenters. The van der Waals surface area contributed by atoms with E-state index in [0.717, 1.165) is 57.8 Å². The maximum absolute atomic E-state index is 14.6. The Morgan fingerprint density at radius 3 is 2.24 bits per heavy atom. The van der Waals surface area contributed by atoms with Crippen molar-refractivity contribution in [3.05, 3.63) is 11.6 Å². The van der Waals surface area contributed by atoms with Crippen molar-refractivity contribution in [1.82, 2.24) is 4.90 Å². The van der Waals surface area contributed by atoms with Crippen LogP contribution in [0.4, 0.5) is 0 Å². The Morgan fingerprint density at radius 2 is 1.57 bits per heavy atom. The van der Waals surface area contributed by atoms with Gasteiger partial charge >= 0.3 is 5.97 Å². The van der Waals surface area contributed by atoms with Gasteiger partial charge in [-0.05, 0) is 97.4 Å². The minimum absolute atomic E-state index is 0.0376. The van der Waals surface area contributed by atoms with E-state index in [9.17, 15) is 14.4 Å². The molecule has 0 spiro atoms. The summed E-state index contributed by atoms with van der Waals surface area (Å²) in [6, 6.07) is 0. The van der Waals surface area contributed by atoms with Crippen LogP contribution in [0.1, 0.15) is 113 Å². The topological polar surface area (TPSA) is 72.9 Å². The third kappa shape index (κ3) is 4.08. The monoisotopic (exact) mass is 581 g/mol. The number of rotatable bonds is 2. The predicted molar refractivity (Wildman–Crippen MR) is 162 cm³/mol. The van der Waals surface area contributed by atoms with Crippen LogP contribution in [0.3, 0.4) is 0 Å². The first-order valence-electron chi connectivity index (χ1n) is 16.8. The van der Waals surface area contributed by atoms with Crippen LogP contribution in [-0.2, 0) is 23.9 Å². The molecule has 6 heteroatoms. The molecule has 9 atom stereocenters. The number of esters is 1. The van der Waals surface area contributed by atoms with E-state index in [1.165, 1.54) is 12.5 Å². The summed E-state index contributed by atoms with van der Waals surface area (Å²) in [5.41, 5.74) is 0.573. The van der Waals surface area contributed by atoms with Crippen LogP contribution in [0.5, 0.6) is 0 Å². The first-order chi connectivity index (χ1) is 19.5. The number of ketones is 1. The quantitative estimate of drug-likeness (QED) is 0.337. The minimum atomic E-state index is -0.399. The van der Waals surface area contributed by atoms with E-state index >= 15 is 0 Å². The van der Waals surface area contributed by atoms with Gasteiger partial charge in [0.1, 0.15) is 6.10 Å². The van der Waals surface area contributed by atoms with Gasteiger partial charge in [-0.1, -0.05) is 54.0 Å². The lowest BCUT2D eigenvalue weighted by Gasteiger charge is -2.70. The van der Waals surface area contributed by atoms with E-state index in [2.05, 4.69) is 54.5 Å². The van der Waals surface area contributed by atoms with Crippen LogP contribution < -0.4 is 0 Å². The zero-order valence-electron chi connectivity index (χ0n) is 27.6. The van der Waals surface area contributed by atoms with E-state index < -0.39 is 5.41 Å². The molecule has 0 aromatic carbocycles. The summed E-state index contributed by atoms with van der Waals surface area (Å²) >= 11 is 0. The second-order valence-electron chi connectivity index (χ2n) is 17.1. The second-order valence-corrected chi connectivity index (χ2v) is 17.1. The largest absolute Gasteiger partial charge is 0.462 e. The third-order valence-electron chi connectivity index (χ3n) is 14.6. The van der Waals surface area contributed by atoms with E-state index in [4.69, 9.17) is 9.47 Å². The molecule has 1 aliphatic heterocycles. The summed E-state index contributed by atoms with van der Waals surface area (Å²) in [7, 11) is 0. The summed E-state index contributed by atoms with van der Waals surface area (Å²) in [5, 5.41) is 0. The van der Waals surface area contributed by atoms with Crippen molar-refractivity contribution in [2.24, 2.45) is 50.2 Å². The lowest BCUT2D eigenvalue weighted by molar-refractivity contribution is -0.210. The van der Waals surface area contributed by atoms with Crippen molar-refractivity contribution in [2.45, 2.75) is 119 Å². The van der Waals surface area contributed by atoms with Crippen LogP contribution in [-0.4, -0.2) is 55.0 Å². The van der Waals surface area contributed by atoms with E-state index in [-0.39, 0.29) is 56.9 Å². The lowest BCUT2D eigenvalue weighted by Crippen LogP contribution is -2.67. The highest BCUT2D eigenvalue weighted by Gasteiger charge is 2.70. The van der Waals surface area contributed by atoms with Gasteiger partial charge in [0.05, 0.1) is 13.2 Å². The molecule has 0 aromatic heterocycles. The highest BCUT2D eigenvalue weighted by atomic mass is 16.5. The molecule has 0 bridgehead atoms. The highest BCUT2D eigenvalue weighted by Crippen LogP contribution is 2.75. The Balaban J connectivity index is 1.36. The number of allylic oxidation sites excluding steroid dienone is 2. The number of ether oxygens (including phenoxy) is 2. The predicted octanol–water partition coefficient (Wildman–Crippen LogP) is 6.76. The van der Waals surface area contributed by atoms with Crippen LogP contribution >= 0.6 is 0 Å². The summed E-state index contributed by atoms with van der Waals surface area (Å²) in [6.45, 7) is 20.6. The molecule has 42 heavy (non-hydrogen) atoms. The minimum Gasteiger partial charge on any atom is -0.462 e. The van der Waals surface area contributed by atoms with Gasteiger partial charge in [-0.15, -0.1) is 0 Å². The molecule has 234 valence electrons. The first-order valence-corrected chi connectivity index (χ1v) is 16.8. The molecule has 5 fully saturated rings. The molecule has 1 saturated heterocycles. The molecule has 0 aromatic rings. The fourth-order valence-corrected chi connectivity index (χ4v) is 11.9. The van der Waals surface area contributed by atoms with Crippen molar-refractivity contribution >= 4 is 17.7 Å². The molecular weight excluding hydrogens is 526 g/mol. The average molecular weight is 582 g/mol. The van der Waals surface area contributed by atoms with Crippen LogP contribution in [0, 0.1) is 50.2 Å². The molecule has 0 radical (unpaired) electrons. The van der Waals surface area contributed by atoms with Gasteiger partial charge in [0.25, 0.3) is 0 Å². The maximum Gasteiger partial charge on any atom is 0.302 e. The fourth-order valence-electron chi connectivity index (χ4n) is 11.9. The molecule has 4 saturated carbocycles. The standard InChI is InChI=1S/C36H55NO5/c1-23(38)42-28-10-11-34(6)27(31(28,2)3)9-12-36(8)29(34)26(39)21-24-25-22-33(5,30(40)37-17-19-41-20-18-37)14-13-32(25,4)15-16-35(24,36)7/h21,25,27-29H,9-20,22H2,1-8H3. The smallest absolute Gasteiger partial charge is 0.302 e. The average Bonchev–Trinajstić information content (AvgIpc) is 2.92. The van der Waals surface area contributed by atoms with Crippen molar-refractivity contribution in [3.63, 3.8) is 0 Å². The van der Waals surface area contributed by atoms with Gasteiger partial charge in [0.15, 0.2) is 5.78 Å². The van der Waals surface area contributed by atoms with Gasteiger partial charge in [0.2, 0.25) is 5.91 Å². The van der Waals surface area contributed by atoms with Crippen LogP contribution in [0.15, 0.2) is 11.6 Å². The third-order valence-corrected chi connectivity index (χ3v) is 14.6. The Morgan fingerprint density at radius 1 is 0.905 bits per heavy atom. The second kappa shape index (κ2) is 9.65.